The van der Waals surface area contributed by atoms with Crippen molar-refractivity contribution in [2.45, 2.75) is 19.4 Å². The average Bonchev–Trinajstić information content (AvgIpc) is 1.86. The Bertz CT molecular complexity index is 118. The van der Waals surface area contributed by atoms with E-state index in [1.807, 2.05) is 0 Å². The summed E-state index contributed by atoms with van der Waals surface area (Å²) in [5.74, 6) is 0. The number of ether oxygens (including phenoxy) is 1. The van der Waals surface area contributed by atoms with Gasteiger partial charge in [-0.2, -0.15) is 0 Å². The van der Waals surface area contributed by atoms with Crippen LogP contribution in [-0.4, -0.2) is 48.8 Å². The average molecular weight is 175 g/mol. The molecular formula is C6H17NOSi2. The van der Waals surface area contributed by atoms with Crippen LogP contribution in [0, 0.1) is 0 Å². The van der Waals surface area contributed by atoms with Crippen molar-refractivity contribution < 1.29 is 4.74 Å². The zero-order chi connectivity index (χ0) is 7.61. The molecule has 0 atom stereocenters. The van der Waals surface area contributed by atoms with E-state index in [0.29, 0.717) is 0 Å². The lowest BCUT2D eigenvalue weighted by molar-refractivity contribution is -0.0643. The number of rotatable bonds is 1. The molecule has 0 unspecified atom stereocenters. The minimum Gasteiger partial charge on any atom is -0.373 e. The van der Waals surface area contributed by atoms with E-state index in [1.54, 1.807) is 0 Å². The van der Waals surface area contributed by atoms with Gasteiger partial charge in [-0.25, -0.2) is 0 Å². The third-order valence-corrected chi connectivity index (χ3v) is 6.07. The molecule has 60 valence electrons. The van der Waals surface area contributed by atoms with Gasteiger partial charge in [-0.15, -0.1) is 0 Å². The lowest BCUT2D eigenvalue weighted by Crippen LogP contribution is -2.49. The summed E-state index contributed by atoms with van der Waals surface area (Å²) >= 11 is 0. The minimum atomic E-state index is 0.135. The molecule has 0 radical (unpaired) electrons. The normalized spacial score (nSPS) is 28.2. The van der Waals surface area contributed by atoms with E-state index in [4.69, 9.17) is 4.74 Å². The summed E-state index contributed by atoms with van der Waals surface area (Å²) < 4.78 is 8.21. The highest BCUT2D eigenvalue weighted by Gasteiger charge is 2.25. The molecule has 0 aromatic rings. The Hall–Kier alpha value is 0.354. The molecule has 0 aromatic carbocycles. The van der Waals surface area contributed by atoms with E-state index in [9.17, 15) is 0 Å². The van der Waals surface area contributed by atoms with Crippen LogP contribution in [0.4, 0.5) is 0 Å². The molecule has 0 aromatic heterocycles. The number of hydrogen-bond acceptors (Lipinski definition) is 2. The molecule has 2 nitrogen and oxygen atoms in total. The van der Waals surface area contributed by atoms with Crippen molar-refractivity contribution in [1.29, 1.82) is 0 Å². The largest absolute Gasteiger partial charge is 0.373 e. The second-order valence-corrected chi connectivity index (χ2v) is 6.90. The lowest BCUT2D eigenvalue weighted by Gasteiger charge is -2.37. The first-order valence-corrected chi connectivity index (χ1v) is 10.3. The zero-order valence-corrected chi connectivity index (χ0v) is 10.6. The quantitative estimate of drug-likeness (QED) is 0.448. The van der Waals surface area contributed by atoms with Crippen LogP contribution in [0.25, 0.3) is 0 Å². The summed E-state index contributed by atoms with van der Waals surface area (Å²) in [4.78, 5) is 0. The summed E-state index contributed by atoms with van der Waals surface area (Å²) in [5, 5.41) is 0. The second-order valence-electron chi connectivity index (χ2n) is 3.48. The van der Waals surface area contributed by atoms with Crippen molar-refractivity contribution in [2.24, 2.45) is 0 Å². The van der Waals surface area contributed by atoms with Crippen molar-refractivity contribution >= 4 is 19.0 Å². The fourth-order valence-corrected chi connectivity index (χ4v) is 4.21. The predicted molar refractivity (Wildman–Crippen MR) is 50.1 cm³/mol. The number of nitrogens with zero attached hydrogens (tertiary/aromatic N) is 1. The fourth-order valence-electron chi connectivity index (χ4n) is 1.38. The molecule has 0 amide bonds. The number of hydrogen-bond donors (Lipinski definition) is 0. The molecule has 1 saturated heterocycles. The van der Waals surface area contributed by atoms with E-state index in [0.717, 1.165) is 6.61 Å². The van der Waals surface area contributed by atoms with Crippen LogP contribution in [0.3, 0.4) is 0 Å². The summed E-state index contributed by atoms with van der Waals surface area (Å²) in [6, 6.07) is 0. The Balaban J connectivity index is 2.40. The van der Waals surface area contributed by atoms with Crippen LogP contribution in [-0.2, 0) is 4.74 Å². The Labute approximate surface area is 68.0 Å². The van der Waals surface area contributed by atoms with Gasteiger partial charge in [0.15, 0.2) is 0 Å². The van der Waals surface area contributed by atoms with E-state index >= 15 is 0 Å². The zero-order valence-electron chi connectivity index (χ0n) is 7.18. The Morgan fingerprint density at radius 1 is 1.60 bits per heavy atom. The first-order chi connectivity index (χ1) is 4.64. The van der Waals surface area contributed by atoms with E-state index in [-0.39, 0.29) is 14.8 Å². The van der Waals surface area contributed by atoms with Gasteiger partial charge in [0.05, 0.1) is 21.4 Å². The molecule has 0 spiro atoms. The molecule has 0 N–H and O–H groups in total. The highest BCUT2D eigenvalue weighted by molar-refractivity contribution is 6.87. The maximum absolute atomic E-state index is 5.59. The first kappa shape index (κ1) is 8.45. The molecular weight excluding hydrogens is 158 g/mol. The van der Waals surface area contributed by atoms with Crippen molar-refractivity contribution in [3.05, 3.63) is 0 Å². The fraction of sp³-hybridized carbons (Fsp3) is 1.00. The summed E-state index contributed by atoms with van der Waals surface area (Å²) in [5.41, 5.74) is 0.135. The molecule has 4 heteroatoms. The van der Waals surface area contributed by atoms with E-state index in [1.165, 1.54) is 22.8 Å². The van der Waals surface area contributed by atoms with Gasteiger partial charge in [0.1, 0.15) is 0 Å². The summed E-state index contributed by atoms with van der Waals surface area (Å²) in [6.07, 6.45) is 0. The van der Waals surface area contributed by atoms with Crippen LogP contribution in [0.15, 0.2) is 0 Å². The van der Waals surface area contributed by atoms with Gasteiger partial charge in [0.2, 0.25) is 0 Å². The van der Waals surface area contributed by atoms with E-state index < -0.39 is 0 Å². The Kier molecular flexibility index (Phi) is 2.68. The predicted octanol–water partition coefficient (Wildman–Crippen LogP) is -1.54. The first-order valence-electron chi connectivity index (χ1n) is 4.00. The molecule has 0 bridgehead atoms. The molecule has 1 aliphatic rings. The Morgan fingerprint density at radius 3 is 2.70 bits per heavy atom. The van der Waals surface area contributed by atoms with Gasteiger partial charge < -0.3 is 9.30 Å². The Morgan fingerprint density at radius 2 is 2.30 bits per heavy atom. The van der Waals surface area contributed by atoms with Crippen LogP contribution in [0.5, 0.6) is 0 Å². The third kappa shape index (κ3) is 2.19. The number of morpholine rings is 1. The second kappa shape index (κ2) is 3.17. The molecule has 1 heterocycles. The minimum absolute atomic E-state index is 0.135. The van der Waals surface area contributed by atoms with Gasteiger partial charge in [0.25, 0.3) is 0 Å². The molecule has 0 saturated carbocycles. The SMILES string of the molecule is CC1(C)CN([SiH2][SiH3])CCO1. The van der Waals surface area contributed by atoms with Crippen molar-refractivity contribution in [1.82, 2.24) is 4.57 Å². The molecule has 1 rings (SSSR count). The van der Waals surface area contributed by atoms with Gasteiger partial charge >= 0.3 is 0 Å². The standard InChI is InChI=1S/C6H17NOSi2/c1-6(2)5-7(10-9)3-4-8-6/h3-5,10H2,1-2,9H3. The van der Waals surface area contributed by atoms with Crippen LogP contribution in [0.2, 0.25) is 0 Å². The summed E-state index contributed by atoms with van der Waals surface area (Å²) in [6.45, 7) is 7.68. The maximum Gasteiger partial charge on any atom is 0.0759 e. The van der Waals surface area contributed by atoms with Gasteiger partial charge in [0, 0.05) is 22.8 Å². The van der Waals surface area contributed by atoms with Crippen molar-refractivity contribution in [3.8, 4) is 0 Å². The van der Waals surface area contributed by atoms with Crippen molar-refractivity contribution in [3.63, 3.8) is 0 Å². The third-order valence-electron chi connectivity index (χ3n) is 1.95. The van der Waals surface area contributed by atoms with Gasteiger partial charge in [-0.1, -0.05) is 0 Å². The topological polar surface area (TPSA) is 12.5 Å². The van der Waals surface area contributed by atoms with Crippen LogP contribution >= 0.6 is 0 Å². The van der Waals surface area contributed by atoms with Crippen molar-refractivity contribution in [2.75, 3.05) is 19.7 Å². The maximum atomic E-state index is 5.59. The molecule has 0 aliphatic carbocycles. The lowest BCUT2D eigenvalue weighted by atomic mass is 10.1. The summed E-state index contributed by atoms with van der Waals surface area (Å²) in [7, 11) is 1.61. The molecule has 1 aliphatic heterocycles. The molecule has 1 fully saturated rings. The van der Waals surface area contributed by atoms with Gasteiger partial charge in [-0.3, -0.25) is 0 Å². The highest BCUT2D eigenvalue weighted by Crippen LogP contribution is 2.14. The van der Waals surface area contributed by atoms with Crippen LogP contribution in [0.1, 0.15) is 13.8 Å². The monoisotopic (exact) mass is 175 g/mol. The highest BCUT2D eigenvalue weighted by atomic mass is 29.1. The van der Waals surface area contributed by atoms with E-state index in [2.05, 4.69) is 18.4 Å². The molecule has 10 heavy (non-hydrogen) atoms. The van der Waals surface area contributed by atoms with Gasteiger partial charge in [-0.05, 0) is 13.8 Å². The smallest absolute Gasteiger partial charge is 0.0759 e. The van der Waals surface area contributed by atoms with Crippen LogP contribution < -0.4 is 0 Å².